The van der Waals surface area contributed by atoms with Crippen LogP contribution in [0.4, 0.5) is 4.39 Å². The van der Waals surface area contributed by atoms with Gasteiger partial charge in [-0.05, 0) is 44.9 Å². The molecule has 0 unspecified atom stereocenters. The third-order valence-corrected chi connectivity index (χ3v) is 4.06. The summed E-state index contributed by atoms with van der Waals surface area (Å²) in [6.07, 6.45) is 0. The molecule has 0 aliphatic carbocycles. The third-order valence-electron chi connectivity index (χ3n) is 4.06. The van der Waals surface area contributed by atoms with Crippen LogP contribution in [0.1, 0.15) is 37.8 Å². The lowest BCUT2D eigenvalue weighted by Gasteiger charge is -2.31. The Morgan fingerprint density at radius 2 is 2.00 bits per heavy atom. The van der Waals surface area contributed by atoms with E-state index in [2.05, 4.69) is 31.7 Å². The summed E-state index contributed by atoms with van der Waals surface area (Å²) in [5, 5.41) is 9.33. The number of nitrogens with zero attached hydrogens (tertiary/aromatic N) is 2. The Balaban J connectivity index is 2.28. The van der Waals surface area contributed by atoms with Crippen LogP contribution in [0, 0.1) is 30.0 Å². The van der Waals surface area contributed by atoms with E-state index in [-0.39, 0.29) is 23.2 Å². The predicted molar refractivity (Wildman–Crippen MR) is 74.3 cm³/mol. The van der Waals surface area contributed by atoms with Crippen LogP contribution in [0.5, 0.6) is 0 Å². The highest BCUT2D eigenvalue weighted by atomic mass is 19.1. The van der Waals surface area contributed by atoms with E-state index in [0.29, 0.717) is 5.56 Å². The Kier molecular flexibility index (Phi) is 3.64. The molecule has 0 radical (unpaired) electrons. The maximum absolute atomic E-state index is 13.7. The highest BCUT2D eigenvalue weighted by Gasteiger charge is 2.38. The minimum absolute atomic E-state index is 0.0487. The van der Waals surface area contributed by atoms with Crippen molar-refractivity contribution in [3.05, 3.63) is 35.1 Å². The summed E-state index contributed by atoms with van der Waals surface area (Å²) >= 11 is 0. The minimum atomic E-state index is -0.177. The van der Waals surface area contributed by atoms with Gasteiger partial charge in [0.1, 0.15) is 5.82 Å². The average molecular weight is 260 g/mol. The molecular formula is C16H21FN2. The van der Waals surface area contributed by atoms with E-state index in [1.807, 2.05) is 6.07 Å². The molecule has 1 saturated heterocycles. The number of hydrogen-bond donors (Lipinski definition) is 0. The summed E-state index contributed by atoms with van der Waals surface area (Å²) in [5.74, 6) is -0.121. The number of hydrogen-bond acceptors (Lipinski definition) is 2. The van der Waals surface area contributed by atoms with Crippen LogP contribution in [0.2, 0.25) is 0 Å². The number of benzene rings is 1. The van der Waals surface area contributed by atoms with Crippen LogP contribution in [-0.2, 0) is 0 Å². The Hall–Kier alpha value is -1.40. The van der Waals surface area contributed by atoms with E-state index in [1.165, 1.54) is 0 Å². The van der Waals surface area contributed by atoms with Crippen molar-refractivity contribution in [1.82, 2.24) is 4.90 Å². The molecule has 102 valence electrons. The summed E-state index contributed by atoms with van der Waals surface area (Å²) in [5.41, 5.74) is 1.65. The maximum atomic E-state index is 13.7. The molecule has 19 heavy (non-hydrogen) atoms. The zero-order valence-electron chi connectivity index (χ0n) is 12.1. The molecule has 1 aromatic carbocycles. The molecule has 0 amide bonds. The molecule has 0 bridgehead atoms. The molecule has 1 aliphatic heterocycles. The molecule has 0 spiro atoms. The summed E-state index contributed by atoms with van der Waals surface area (Å²) in [4.78, 5) is 2.31. The molecule has 0 saturated carbocycles. The van der Waals surface area contributed by atoms with E-state index in [9.17, 15) is 9.65 Å². The highest BCUT2D eigenvalue weighted by Crippen LogP contribution is 2.36. The number of nitriles is 1. The van der Waals surface area contributed by atoms with Gasteiger partial charge in [-0.3, -0.25) is 4.90 Å². The van der Waals surface area contributed by atoms with E-state index < -0.39 is 0 Å². The first-order valence-corrected chi connectivity index (χ1v) is 6.73. The van der Waals surface area contributed by atoms with Gasteiger partial charge in [0, 0.05) is 24.5 Å². The summed E-state index contributed by atoms with van der Waals surface area (Å²) < 4.78 is 13.7. The SMILES string of the molecule is Cc1ccc([C@H]2CN(C(C)(C)C)C[C@@H]2C#N)cc1F. The largest absolute Gasteiger partial charge is 0.297 e. The molecular weight excluding hydrogens is 239 g/mol. The first-order chi connectivity index (χ1) is 8.82. The molecule has 1 heterocycles. The average Bonchev–Trinajstić information content (AvgIpc) is 2.76. The van der Waals surface area contributed by atoms with Crippen molar-refractivity contribution in [2.24, 2.45) is 5.92 Å². The van der Waals surface area contributed by atoms with Crippen molar-refractivity contribution in [3.63, 3.8) is 0 Å². The predicted octanol–water partition coefficient (Wildman–Crippen LogP) is 3.47. The molecule has 1 aromatic rings. The fraction of sp³-hybridized carbons (Fsp3) is 0.562. The quantitative estimate of drug-likeness (QED) is 0.773. The lowest BCUT2D eigenvalue weighted by atomic mass is 9.89. The zero-order valence-corrected chi connectivity index (χ0v) is 12.1. The second kappa shape index (κ2) is 4.94. The fourth-order valence-electron chi connectivity index (χ4n) is 2.66. The number of aryl methyl sites for hydroxylation is 1. The normalized spacial score (nSPS) is 24.4. The first kappa shape index (κ1) is 14.0. The van der Waals surface area contributed by atoms with E-state index in [1.54, 1.807) is 19.1 Å². The van der Waals surface area contributed by atoms with Gasteiger partial charge in [0.25, 0.3) is 0 Å². The Labute approximate surface area is 114 Å². The van der Waals surface area contributed by atoms with Gasteiger partial charge in [0.2, 0.25) is 0 Å². The van der Waals surface area contributed by atoms with Gasteiger partial charge in [-0.15, -0.1) is 0 Å². The molecule has 0 aromatic heterocycles. The van der Waals surface area contributed by atoms with E-state index in [0.717, 1.165) is 18.7 Å². The lowest BCUT2D eigenvalue weighted by molar-refractivity contribution is 0.170. The van der Waals surface area contributed by atoms with Crippen LogP contribution in [0.15, 0.2) is 18.2 Å². The van der Waals surface area contributed by atoms with Crippen LogP contribution in [0.3, 0.4) is 0 Å². The van der Waals surface area contributed by atoms with Crippen molar-refractivity contribution in [3.8, 4) is 6.07 Å². The second-order valence-corrected chi connectivity index (χ2v) is 6.43. The summed E-state index contributed by atoms with van der Waals surface area (Å²) in [7, 11) is 0. The highest BCUT2D eigenvalue weighted by molar-refractivity contribution is 5.29. The van der Waals surface area contributed by atoms with Crippen molar-refractivity contribution in [2.75, 3.05) is 13.1 Å². The molecule has 1 aliphatic rings. The monoisotopic (exact) mass is 260 g/mol. The number of halogens is 1. The summed E-state index contributed by atoms with van der Waals surface area (Å²) in [6, 6.07) is 7.74. The molecule has 2 atom stereocenters. The van der Waals surface area contributed by atoms with Gasteiger partial charge in [0.15, 0.2) is 0 Å². The van der Waals surface area contributed by atoms with Gasteiger partial charge in [-0.25, -0.2) is 4.39 Å². The third kappa shape index (κ3) is 2.79. The van der Waals surface area contributed by atoms with Gasteiger partial charge in [-0.1, -0.05) is 12.1 Å². The maximum Gasteiger partial charge on any atom is 0.126 e. The van der Waals surface area contributed by atoms with Gasteiger partial charge in [0.05, 0.1) is 12.0 Å². The van der Waals surface area contributed by atoms with Crippen LogP contribution in [-0.4, -0.2) is 23.5 Å². The van der Waals surface area contributed by atoms with Crippen molar-refractivity contribution >= 4 is 0 Å². The number of rotatable bonds is 1. The molecule has 2 rings (SSSR count). The topological polar surface area (TPSA) is 27.0 Å². The summed E-state index contributed by atoms with van der Waals surface area (Å²) in [6.45, 7) is 9.81. The van der Waals surface area contributed by atoms with Gasteiger partial charge < -0.3 is 0 Å². The Morgan fingerprint density at radius 3 is 2.53 bits per heavy atom. The zero-order chi connectivity index (χ0) is 14.2. The molecule has 0 N–H and O–H groups in total. The second-order valence-electron chi connectivity index (χ2n) is 6.43. The van der Waals surface area contributed by atoms with Crippen molar-refractivity contribution in [1.29, 1.82) is 5.26 Å². The van der Waals surface area contributed by atoms with Gasteiger partial charge >= 0.3 is 0 Å². The molecule has 1 fully saturated rings. The van der Waals surface area contributed by atoms with E-state index in [4.69, 9.17) is 0 Å². The number of likely N-dealkylation sites (tertiary alicyclic amines) is 1. The fourth-order valence-corrected chi connectivity index (χ4v) is 2.66. The van der Waals surface area contributed by atoms with Crippen molar-refractivity contribution < 1.29 is 4.39 Å². The lowest BCUT2D eigenvalue weighted by Crippen LogP contribution is -2.39. The van der Waals surface area contributed by atoms with Crippen LogP contribution >= 0.6 is 0 Å². The first-order valence-electron chi connectivity index (χ1n) is 6.73. The minimum Gasteiger partial charge on any atom is -0.297 e. The van der Waals surface area contributed by atoms with Crippen LogP contribution < -0.4 is 0 Å². The van der Waals surface area contributed by atoms with Crippen molar-refractivity contribution in [2.45, 2.75) is 39.2 Å². The van der Waals surface area contributed by atoms with E-state index >= 15 is 0 Å². The molecule has 3 heteroatoms. The molecule has 2 nitrogen and oxygen atoms in total. The smallest absolute Gasteiger partial charge is 0.126 e. The van der Waals surface area contributed by atoms with Crippen LogP contribution in [0.25, 0.3) is 0 Å². The Bertz CT molecular complexity index is 510. The Morgan fingerprint density at radius 1 is 1.32 bits per heavy atom. The van der Waals surface area contributed by atoms with Gasteiger partial charge in [-0.2, -0.15) is 5.26 Å². The standard InChI is InChI=1S/C16H21FN2/c1-11-5-6-12(7-15(11)17)14-10-19(16(2,3)4)9-13(14)8-18/h5-7,13-14H,9-10H2,1-4H3/t13-,14+/m0/s1.